The average Bonchev–Trinajstić information content (AvgIpc) is 3.48. The minimum atomic E-state index is -1.67. The second-order valence-electron chi connectivity index (χ2n) is 12.3. The maximum atomic E-state index is 15.1. The van der Waals surface area contributed by atoms with E-state index in [1.54, 1.807) is 66.7 Å². The van der Waals surface area contributed by atoms with Gasteiger partial charge in [-0.25, -0.2) is 27.9 Å². The molecule has 2 amide bonds. The van der Waals surface area contributed by atoms with E-state index in [4.69, 9.17) is 23.2 Å². The lowest BCUT2D eigenvalue weighted by Gasteiger charge is -2.49. The number of aromatic nitrogens is 3. The summed E-state index contributed by atoms with van der Waals surface area (Å²) in [6, 6.07) is 23.9. The number of carbonyl (C=O) groups is 2. The number of hydrazine groups is 1. The van der Waals surface area contributed by atoms with E-state index < -0.39 is 52.3 Å². The average molecular weight is 699 g/mol. The number of phenols is 1. The van der Waals surface area contributed by atoms with E-state index in [1.165, 1.54) is 45.8 Å². The van der Waals surface area contributed by atoms with Gasteiger partial charge in [0.15, 0.2) is 0 Å². The largest absolute Gasteiger partial charge is 0.508 e. The fourth-order valence-corrected chi connectivity index (χ4v) is 8.12. The Balaban J connectivity index is 1.39. The molecule has 3 aliphatic rings. The number of halogens is 3. The van der Waals surface area contributed by atoms with E-state index in [2.05, 4.69) is 5.43 Å². The van der Waals surface area contributed by atoms with Crippen LogP contribution in [0.15, 0.2) is 118 Å². The van der Waals surface area contributed by atoms with Gasteiger partial charge >= 0.3 is 11.4 Å². The molecule has 1 aromatic heterocycles. The minimum Gasteiger partial charge on any atom is -0.508 e. The number of nitrogens with zero attached hydrogens (tertiary/aromatic N) is 4. The number of para-hydroxylation sites is 1. The third-order valence-electron chi connectivity index (χ3n) is 9.83. The summed E-state index contributed by atoms with van der Waals surface area (Å²) in [5, 5.41) is 13.0. The molecule has 8 rings (SSSR count). The minimum absolute atomic E-state index is 0.0153. The van der Waals surface area contributed by atoms with Crippen molar-refractivity contribution in [2.45, 2.75) is 30.3 Å². The van der Waals surface area contributed by atoms with Gasteiger partial charge in [0.2, 0.25) is 0 Å². The molecule has 1 aliphatic carbocycles. The lowest BCUT2D eigenvalue weighted by molar-refractivity contribution is -0.138. The Kier molecular flexibility index (Phi) is 7.16. The molecule has 49 heavy (non-hydrogen) atoms. The molecule has 0 spiro atoms. The van der Waals surface area contributed by atoms with Crippen LogP contribution >= 0.6 is 23.2 Å². The molecule has 2 N–H and O–H groups in total. The topological polar surface area (TPSA) is 119 Å². The number of imide groups is 1. The van der Waals surface area contributed by atoms with Crippen LogP contribution in [-0.2, 0) is 21.5 Å². The first-order valence-electron chi connectivity index (χ1n) is 15.5. The number of nitrogens with one attached hydrogen (secondary N) is 1. The maximum Gasteiger partial charge on any atom is 0.352 e. The number of carbonyl (C=O) groups excluding carboxylic acids is 2. The number of anilines is 1. The summed E-state index contributed by atoms with van der Waals surface area (Å²) in [6.45, 7) is -0.0153. The van der Waals surface area contributed by atoms with Crippen molar-refractivity contribution in [2.75, 3.05) is 5.43 Å². The number of phenolic OH excluding ortho intramolecular Hbond substituents is 1. The summed E-state index contributed by atoms with van der Waals surface area (Å²) in [7, 11) is 0. The first kappa shape index (κ1) is 30.9. The standard InChI is InChI=1S/C36H26Cl2FN5O5/c37-21-8-6-20(7-9-21)36-28(32(46)43(33(36)47)40-24-13-11-23(39)12-14-24)19-29-26(31(36)27-18-22(38)10-15-30(27)45)16-17-41-34(48)42(35(49)44(29)41)25-4-2-1-3-5-25/h1-16,18,28-29,31,40,45H,17,19H2/t28-,29+,31+,36+/m0/s1. The zero-order valence-electron chi connectivity index (χ0n) is 25.5. The summed E-state index contributed by atoms with van der Waals surface area (Å²) in [4.78, 5) is 57.7. The second-order valence-corrected chi connectivity index (χ2v) is 13.2. The smallest absolute Gasteiger partial charge is 0.352 e. The Labute approximate surface area is 287 Å². The number of amides is 2. The molecule has 3 heterocycles. The van der Waals surface area contributed by atoms with Gasteiger partial charge in [0.25, 0.3) is 11.8 Å². The molecule has 1 saturated carbocycles. The number of benzene rings is 4. The molecule has 1 saturated heterocycles. The third kappa shape index (κ3) is 4.53. The zero-order chi connectivity index (χ0) is 34.2. The Bertz CT molecular complexity index is 2320. The van der Waals surface area contributed by atoms with Gasteiger partial charge in [-0.3, -0.25) is 15.0 Å². The highest BCUT2D eigenvalue weighted by Crippen LogP contribution is 2.63. The molecule has 0 bridgehead atoms. The van der Waals surface area contributed by atoms with Gasteiger partial charge < -0.3 is 5.11 Å². The van der Waals surface area contributed by atoms with Crippen LogP contribution in [0.25, 0.3) is 5.69 Å². The van der Waals surface area contributed by atoms with Crippen LogP contribution in [0.2, 0.25) is 10.0 Å². The maximum absolute atomic E-state index is 15.1. The van der Waals surface area contributed by atoms with E-state index in [0.29, 0.717) is 21.8 Å². The first-order chi connectivity index (χ1) is 23.6. The lowest BCUT2D eigenvalue weighted by Crippen LogP contribution is -2.53. The highest BCUT2D eigenvalue weighted by Gasteiger charge is 2.69. The molecule has 4 atom stereocenters. The van der Waals surface area contributed by atoms with Gasteiger partial charge in [0, 0.05) is 21.5 Å². The number of hydrogen-bond donors (Lipinski definition) is 2. The Morgan fingerprint density at radius 2 is 1.53 bits per heavy atom. The predicted molar refractivity (Wildman–Crippen MR) is 180 cm³/mol. The molecule has 0 radical (unpaired) electrons. The molecule has 246 valence electrons. The van der Waals surface area contributed by atoms with Crippen molar-refractivity contribution in [1.82, 2.24) is 18.9 Å². The molecule has 4 aromatic carbocycles. The van der Waals surface area contributed by atoms with Gasteiger partial charge in [0.05, 0.1) is 35.3 Å². The molecule has 2 aliphatic heterocycles. The van der Waals surface area contributed by atoms with Gasteiger partial charge in [-0.2, -0.15) is 5.01 Å². The number of allylic oxidation sites excluding steroid dienone is 2. The monoisotopic (exact) mass is 697 g/mol. The normalized spacial score (nSPS) is 22.7. The summed E-state index contributed by atoms with van der Waals surface area (Å²) in [5.74, 6) is -4.07. The number of fused-ring (bicyclic) bond motifs is 4. The Morgan fingerprint density at radius 1 is 0.837 bits per heavy atom. The van der Waals surface area contributed by atoms with Crippen LogP contribution in [0.3, 0.4) is 0 Å². The molecular formula is C36H26Cl2FN5O5. The Hall–Kier alpha value is -5.39. The van der Waals surface area contributed by atoms with Crippen molar-refractivity contribution in [3.8, 4) is 11.4 Å². The number of hydrogen-bond acceptors (Lipinski definition) is 6. The summed E-state index contributed by atoms with van der Waals surface area (Å²) in [5.41, 5.74) is 1.97. The van der Waals surface area contributed by atoms with Crippen molar-refractivity contribution in [3.63, 3.8) is 0 Å². The van der Waals surface area contributed by atoms with Crippen molar-refractivity contribution in [2.24, 2.45) is 5.92 Å². The number of rotatable bonds is 5. The van der Waals surface area contributed by atoms with E-state index >= 15 is 4.79 Å². The van der Waals surface area contributed by atoms with Crippen molar-refractivity contribution >= 4 is 40.7 Å². The van der Waals surface area contributed by atoms with Gasteiger partial charge in [0.1, 0.15) is 11.6 Å². The van der Waals surface area contributed by atoms with E-state index in [9.17, 15) is 23.9 Å². The third-order valence-corrected chi connectivity index (χ3v) is 10.3. The van der Waals surface area contributed by atoms with Crippen molar-refractivity contribution in [3.05, 3.63) is 157 Å². The van der Waals surface area contributed by atoms with Crippen LogP contribution in [0.1, 0.15) is 29.5 Å². The van der Waals surface area contributed by atoms with Crippen LogP contribution < -0.4 is 16.8 Å². The first-order valence-corrected chi connectivity index (χ1v) is 16.2. The molecule has 13 heteroatoms. The van der Waals surface area contributed by atoms with Crippen LogP contribution in [-0.4, -0.2) is 35.9 Å². The molecular weight excluding hydrogens is 672 g/mol. The number of aromatic hydroxyl groups is 1. The van der Waals surface area contributed by atoms with Gasteiger partial charge in [-0.15, -0.1) is 0 Å². The van der Waals surface area contributed by atoms with Gasteiger partial charge in [-0.05, 0) is 84.3 Å². The summed E-state index contributed by atoms with van der Waals surface area (Å²) in [6.07, 6.45) is 1.74. The second kappa shape index (κ2) is 11.4. The predicted octanol–water partition coefficient (Wildman–Crippen LogP) is 5.57. The summed E-state index contributed by atoms with van der Waals surface area (Å²) >= 11 is 12.8. The zero-order valence-corrected chi connectivity index (χ0v) is 27.0. The summed E-state index contributed by atoms with van der Waals surface area (Å²) < 4.78 is 17.5. The molecule has 2 fully saturated rings. The quantitative estimate of drug-likeness (QED) is 0.183. The Morgan fingerprint density at radius 3 is 2.24 bits per heavy atom. The van der Waals surface area contributed by atoms with E-state index in [0.717, 1.165) is 9.58 Å². The fourth-order valence-electron chi connectivity index (χ4n) is 7.82. The molecule has 0 unspecified atom stereocenters. The van der Waals surface area contributed by atoms with Crippen molar-refractivity contribution in [1.29, 1.82) is 0 Å². The fraction of sp³-hybridized carbons (Fsp3) is 0.167. The van der Waals surface area contributed by atoms with E-state index in [-0.39, 0.29) is 35.0 Å². The highest BCUT2D eigenvalue weighted by atomic mass is 35.5. The highest BCUT2D eigenvalue weighted by molar-refractivity contribution is 6.31. The van der Waals surface area contributed by atoms with Crippen molar-refractivity contribution < 1.29 is 19.1 Å². The lowest BCUT2D eigenvalue weighted by atomic mass is 9.53. The molecule has 5 aromatic rings. The van der Waals surface area contributed by atoms with Gasteiger partial charge in [-0.1, -0.05) is 59.6 Å². The SMILES string of the molecule is O=C1[C@@H]2C[C@@H]3C(=CCn4c(=O)n(-c5ccccc5)c(=O)n43)[C@H](c3cc(Cl)ccc3O)[C@]2(c2ccc(Cl)cc2)C(=O)N1Nc1ccc(F)cc1. The van der Waals surface area contributed by atoms with Crippen LogP contribution in [0, 0.1) is 11.7 Å². The van der Waals surface area contributed by atoms with E-state index in [1.807, 2.05) is 0 Å². The van der Waals surface area contributed by atoms with Crippen LogP contribution in [0.4, 0.5) is 10.1 Å². The molecule has 10 nitrogen and oxygen atoms in total. The van der Waals surface area contributed by atoms with Crippen LogP contribution in [0.5, 0.6) is 5.75 Å².